The van der Waals surface area contributed by atoms with E-state index in [1.807, 2.05) is 20.8 Å². The highest BCUT2D eigenvalue weighted by Crippen LogP contribution is 2.29. The van der Waals surface area contributed by atoms with Gasteiger partial charge < -0.3 is 14.5 Å². The van der Waals surface area contributed by atoms with Crippen molar-refractivity contribution in [2.45, 2.75) is 46.1 Å². The summed E-state index contributed by atoms with van der Waals surface area (Å²) in [5.41, 5.74) is 1.73. The van der Waals surface area contributed by atoms with Crippen molar-refractivity contribution >= 4 is 11.9 Å². The number of aliphatic carboxylic acids is 1. The highest BCUT2D eigenvalue weighted by atomic mass is 16.5. The van der Waals surface area contributed by atoms with Crippen LogP contribution in [0.2, 0.25) is 0 Å². The van der Waals surface area contributed by atoms with Crippen LogP contribution in [0.3, 0.4) is 0 Å². The monoisotopic (exact) mass is 280 g/mol. The summed E-state index contributed by atoms with van der Waals surface area (Å²) in [6.45, 7) is 5.28. The largest absolute Gasteiger partial charge is 0.480 e. The van der Waals surface area contributed by atoms with E-state index in [0.717, 1.165) is 29.9 Å². The van der Waals surface area contributed by atoms with Gasteiger partial charge in [0.05, 0.1) is 5.69 Å². The third kappa shape index (κ3) is 3.18. The zero-order valence-electron chi connectivity index (χ0n) is 12.0. The molecule has 6 heteroatoms. The van der Waals surface area contributed by atoms with Gasteiger partial charge in [-0.15, -0.1) is 0 Å². The quantitative estimate of drug-likeness (QED) is 0.854. The van der Waals surface area contributed by atoms with Crippen LogP contribution in [0.15, 0.2) is 4.52 Å². The van der Waals surface area contributed by atoms with Gasteiger partial charge in [-0.25, -0.2) is 0 Å². The Hall–Kier alpha value is -1.85. The van der Waals surface area contributed by atoms with E-state index in [-0.39, 0.29) is 24.4 Å². The number of carboxylic acid groups (broad SMARTS) is 1. The normalized spacial score (nSPS) is 15.9. The third-order valence-electron chi connectivity index (χ3n) is 3.69. The molecule has 20 heavy (non-hydrogen) atoms. The first-order valence-corrected chi connectivity index (χ1v) is 6.84. The van der Waals surface area contributed by atoms with Crippen molar-refractivity contribution in [1.82, 2.24) is 10.1 Å². The number of aromatic nitrogens is 1. The van der Waals surface area contributed by atoms with Crippen molar-refractivity contribution in [3.8, 4) is 0 Å². The molecule has 1 amide bonds. The van der Waals surface area contributed by atoms with E-state index in [0.29, 0.717) is 6.42 Å². The summed E-state index contributed by atoms with van der Waals surface area (Å²) in [5.74, 6) is -0.616. The molecule has 6 nitrogen and oxygen atoms in total. The van der Waals surface area contributed by atoms with E-state index in [4.69, 9.17) is 9.63 Å². The van der Waals surface area contributed by atoms with Crippen LogP contribution < -0.4 is 0 Å². The maximum atomic E-state index is 12.4. The summed E-state index contributed by atoms with van der Waals surface area (Å²) < 4.78 is 5.09. The fourth-order valence-corrected chi connectivity index (χ4v) is 2.39. The van der Waals surface area contributed by atoms with Crippen LogP contribution in [0, 0.1) is 19.8 Å². The molecule has 1 fully saturated rings. The molecule has 2 rings (SSSR count). The molecule has 0 radical (unpaired) electrons. The van der Waals surface area contributed by atoms with E-state index in [1.54, 1.807) is 0 Å². The van der Waals surface area contributed by atoms with Crippen LogP contribution >= 0.6 is 0 Å². The molecule has 1 N–H and O–H groups in total. The predicted molar refractivity (Wildman–Crippen MR) is 71.2 cm³/mol. The van der Waals surface area contributed by atoms with Crippen LogP contribution in [0.25, 0.3) is 0 Å². The molecule has 0 spiro atoms. The first-order valence-electron chi connectivity index (χ1n) is 6.84. The molecular weight excluding hydrogens is 260 g/mol. The van der Waals surface area contributed by atoms with Gasteiger partial charge in [-0.3, -0.25) is 9.59 Å². The minimum atomic E-state index is -0.963. The van der Waals surface area contributed by atoms with Gasteiger partial charge in [0.1, 0.15) is 12.3 Å². The molecule has 1 aromatic rings. The molecule has 110 valence electrons. The molecule has 0 unspecified atom stereocenters. The van der Waals surface area contributed by atoms with Crippen LogP contribution in [0.1, 0.15) is 36.8 Å². The lowest BCUT2D eigenvalue weighted by Gasteiger charge is -2.24. The van der Waals surface area contributed by atoms with Crippen molar-refractivity contribution in [2.75, 3.05) is 6.54 Å². The summed E-state index contributed by atoms with van der Waals surface area (Å²) >= 11 is 0. The molecule has 1 atom stereocenters. The van der Waals surface area contributed by atoms with Gasteiger partial charge in [-0.1, -0.05) is 12.1 Å². The molecule has 1 saturated carbocycles. The first-order chi connectivity index (χ1) is 9.40. The Balaban J connectivity index is 2.05. The number of aryl methyl sites for hydroxylation is 2. The fraction of sp³-hybridized carbons (Fsp3) is 0.643. The van der Waals surface area contributed by atoms with Gasteiger partial charge in [0.15, 0.2) is 0 Å². The smallest absolute Gasteiger partial charge is 0.323 e. The molecule has 1 aliphatic rings. The minimum Gasteiger partial charge on any atom is -0.480 e. The molecule has 0 aliphatic heterocycles. The Kier molecular flexibility index (Phi) is 4.11. The average Bonchev–Trinajstić information content (AvgIpc) is 3.17. The van der Waals surface area contributed by atoms with E-state index < -0.39 is 5.97 Å². The Morgan fingerprint density at radius 1 is 1.45 bits per heavy atom. The summed E-state index contributed by atoms with van der Waals surface area (Å²) in [5, 5.41) is 12.8. The molecule has 1 aliphatic carbocycles. The molecule has 0 bridgehead atoms. The first kappa shape index (κ1) is 14.6. The molecular formula is C14H20N2O4. The van der Waals surface area contributed by atoms with E-state index in [1.165, 1.54) is 4.90 Å². The number of hydrogen-bond acceptors (Lipinski definition) is 4. The predicted octanol–water partition coefficient (Wildman–Crippen LogP) is 1.55. The maximum Gasteiger partial charge on any atom is 0.323 e. The number of carbonyl (C=O) groups is 2. The number of carboxylic acids is 1. The van der Waals surface area contributed by atoms with Crippen molar-refractivity contribution in [3.05, 3.63) is 17.0 Å². The number of amides is 1. The number of rotatable bonds is 6. The highest BCUT2D eigenvalue weighted by molar-refractivity contribution is 5.83. The topological polar surface area (TPSA) is 83.6 Å². The molecule has 1 aromatic heterocycles. The standard InChI is InChI=1S/C14H20N2O4/c1-8(6-12-9(2)15-20-10(12)3)14(19)16(7-13(17)18)11-4-5-11/h8,11H,4-7H2,1-3H3,(H,17,18)/t8-/m0/s1. The van der Waals surface area contributed by atoms with Crippen molar-refractivity contribution in [1.29, 1.82) is 0 Å². The van der Waals surface area contributed by atoms with E-state index >= 15 is 0 Å². The van der Waals surface area contributed by atoms with Gasteiger partial charge in [-0.05, 0) is 33.1 Å². The second-order valence-electron chi connectivity index (χ2n) is 5.50. The second-order valence-corrected chi connectivity index (χ2v) is 5.50. The minimum absolute atomic E-state index is 0.102. The lowest BCUT2D eigenvalue weighted by molar-refractivity contribution is -0.146. The average molecular weight is 280 g/mol. The lowest BCUT2D eigenvalue weighted by Crippen LogP contribution is -2.41. The van der Waals surface area contributed by atoms with Crippen molar-refractivity contribution in [3.63, 3.8) is 0 Å². The van der Waals surface area contributed by atoms with Crippen LogP contribution in [0.4, 0.5) is 0 Å². The SMILES string of the molecule is Cc1noc(C)c1C[C@H](C)C(=O)N(CC(=O)O)C1CC1. The Morgan fingerprint density at radius 3 is 2.55 bits per heavy atom. The number of carbonyl (C=O) groups excluding carboxylic acids is 1. The lowest BCUT2D eigenvalue weighted by atomic mass is 9.98. The summed E-state index contributed by atoms with van der Waals surface area (Å²) in [6.07, 6.45) is 2.33. The summed E-state index contributed by atoms with van der Waals surface area (Å²) in [4.78, 5) is 24.8. The Bertz CT molecular complexity index is 500. The number of hydrogen-bond donors (Lipinski definition) is 1. The van der Waals surface area contributed by atoms with Crippen molar-refractivity contribution in [2.24, 2.45) is 5.92 Å². The van der Waals surface area contributed by atoms with Gasteiger partial charge in [0.2, 0.25) is 5.91 Å². The molecule has 0 saturated heterocycles. The van der Waals surface area contributed by atoms with Gasteiger partial charge in [0, 0.05) is 17.5 Å². The Labute approximate surface area is 117 Å². The maximum absolute atomic E-state index is 12.4. The fourth-order valence-electron chi connectivity index (χ4n) is 2.39. The van der Waals surface area contributed by atoms with Gasteiger partial charge in [0.25, 0.3) is 0 Å². The number of nitrogens with zero attached hydrogens (tertiary/aromatic N) is 2. The van der Waals surface area contributed by atoms with Gasteiger partial charge in [-0.2, -0.15) is 0 Å². The third-order valence-corrected chi connectivity index (χ3v) is 3.69. The zero-order chi connectivity index (χ0) is 14.9. The van der Waals surface area contributed by atoms with E-state index in [2.05, 4.69) is 5.16 Å². The van der Waals surface area contributed by atoms with Gasteiger partial charge >= 0.3 is 5.97 Å². The summed E-state index contributed by atoms with van der Waals surface area (Å²) in [6, 6.07) is 0.103. The molecule has 0 aromatic carbocycles. The second kappa shape index (κ2) is 5.64. The van der Waals surface area contributed by atoms with Crippen LogP contribution in [-0.2, 0) is 16.0 Å². The van der Waals surface area contributed by atoms with E-state index in [9.17, 15) is 9.59 Å². The van der Waals surface area contributed by atoms with Crippen LogP contribution in [-0.4, -0.2) is 39.6 Å². The zero-order valence-corrected chi connectivity index (χ0v) is 12.0. The van der Waals surface area contributed by atoms with Crippen molar-refractivity contribution < 1.29 is 19.2 Å². The summed E-state index contributed by atoms with van der Waals surface area (Å²) in [7, 11) is 0. The highest BCUT2D eigenvalue weighted by Gasteiger charge is 2.36. The molecule has 1 heterocycles. The Morgan fingerprint density at radius 2 is 2.10 bits per heavy atom. The van der Waals surface area contributed by atoms with Crippen LogP contribution in [0.5, 0.6) is 0 Å².